The van der Waals surface area contributed by atoms with Crippen molar-refractivity contribution in [3.05, 3.63) is 69.8 Å². The maximum Gasteiger partial charge on any atom is 0.271 e. The molecule has 0 aliphatic heterocycles. The van der Waals surface area contributed by atoms with E-state index < -0.39 is 4.92 Å². The highest BCUT2D eigenvalue weighted by atomic mass is 35.5. The van der Waals surface area contributed by atoms with Crippen LogP contribution in [0.2, 0.25) is 5.02 Å². The molecule has 0 bridgehead atoms. The molecule has 0 radical (unpaired) electrons. The van der Waals surface area contributed by atoms with Gasteiger partial charge in [0.2, 0.25) is 0 Å². The van der Waals surface area contributed by atoms with Gasteiger partial charge in [-0.2, -0.15) is 0 Å². The van der Waals surface area contributed by atoms with Crippen LogP contribution in [0.5, 0.6) is 11.5 Å². The summed E-state index contributed by atoms with van der Waals surface area (Å²) in [6.45, 7) is 6.01. The molecule has 2 aromatic carbocycles. The van der Waals surface area contributed by atoms with E-state index in [1.807, 2.05) is 18.2 Å². The smallest absolute Gasteiger partial charge is 0.271 e. The molecule has 0 amide bonds. The molecular formula is C19H23Cl2N3O4. The molecule has 0 aliphatic carbocycles. The number of anilines is 1. The molecule has 0 fully saturated rings. The molecule has 0 atom stereocenters. The SMILES string of the molecule is C=CCOc1ccc(CNCCNc2ccc([N+](=O)[O-])cc2Cl)cc1OC.Cl. The maximum atomic E-state index is 10.7. The Balaban J connectivity index is 0.00000392. The standard InChI is InChI=1S/C19H22ClN3O4.ClH/c1-3-10-27-18-7-4-14(11-19(18)26-2)13-21-8-9-22-17-6-5-15(23(24)25)12-16(17)20;/h3-7,11-12,21-22H,1,8-10,13H2,2H3;1H. The second-order valence-corrected chi connectivity index (χ2v) is 6.02. The van der Waals surface area contributed by atoms with Crippen LogP contribution in [0.4, 0.5) is 11.4 Å². The average Bonchev–Trinajstić information content (AvgIpc) is 2.67. The third-order valence-corrected chi connectivity index (χ3v) is 4.01. The number of methoxy groups -OCH3 is 1. The van der Waals surface area contributed by atoms with Gasteiger partial charge in [0, 0.05) is 31.8 Å². The lowest BCUT2D eigenvalue weighted by atomic mass is 10.2. The van der Waals surface area contributed by atoms with Crippen LogP contribution in [0.25, 0.3) is 0 Å². The Bertz CT molecular complexity index is 803. The van der Waals surface area contributed by atoms with Crippen molar-refractivity contribution < 1.29 is 14.4 Å². The van der Waals surface area contributed by atoms with E-state index in [-0.39, 0.29) is 18.1 Å². The minimum absolute atomic E-state index is 0. The summed E-state index contributed by atoms with van der Waals surface area (Å²) in [7, 11) is 1.60. The number of nitro benzene ring substituents is 1. The Morgan fingerprint density at radius 1 is 1.21 bits per heavy atom. The molecule has 2 rings (SSSR count). The van der Waals surface area contributed by atoms with Crippen molar-refractivity contribution in [1.82, 2.24) is 5.32 Å². The van der Waals surface area contributed by atoms with Crippen LogP contribution in [0, 0.1) is 10.1 Å². The Kier molecular flexibility index (Phi) is 10.2. The van der Waals surface area contributed by atoms with Gasteiger partial charge in [-0.3, -0.25) is 10.1 Å². The summed E-state index contributed by atoms with van der Waals surface area (Å²) in [6, 6.07) is 10.1. The summed E-state index contributed by atoms with van der Waals surface area (Å²) in [5.41, 5.74) is 1.69. The van der Waals surface area contributed by atoms with E-state index in [4.69, 9.17) is 21.1 Å². The molecule has 0 spiro atoms. The molecule has 0 heterocycles. The molecule has 9 heteroatoms. The fraction of sp³-hybridized carbons (Fsp3) is 0.263. The van der Waals surface area contributed by atoms with Crippen molar-refractivity contribution in [3.8, 4) is 11.5 Å². The fourth-order valence-electron chi connectivity index (χ4n) is 2.37. The summed E-state index contributed by atoms with van der Waals surface area (Å²) in [5, 5.41) is 17.5. The molecule has 7 nitrogen and oxygen atoms in total. The first-order valence-corrected chi connectivity index (χ1v) is 8.72. The Morgan fingerprint density at radius 3 is 2.64 bits per heavy atom. The number of rotatable bonds is 11. The highest BCUT2D eigenvalue weighted by molar-refractivity contribution is 6.33. The van der Waals surface area contributed by atoms with E-state index in [9.17, 15) is 10.1 Å². The molecule has 2 aromatic rings. The van der Waals surface area contributed by atoms with Crippen molar-refractivity contribution in [3.63, 3.8) is 0 Å². The highest BCUT2D eigenvalue weighted by Crippen LogP contribution is 2.28. The van der Waals surface area contributed by atoms with Gasteiger partial charge in [-0.25, -0.2) is 0 Å². The van der Waals surface area contributed by atoms with Gasteiger partial charge in [-0.1, -0.05) is 30.3 Å². The zero-order valence-electron chi connectivity index (χ0n) is 15.4. The van der Waals surface area contributed by atoms with E-state index in [0.717, 1.165) is 5.56 Å². The number of nitrogens with one attached hydrogen (secondary N) is 2. The topological polar surface area (TPSA) is 85.7 Å². The first-order valence-electron chi connectivity index (χ1n) is 8.34. The van der Waals surface area contributed by atoms with E-state index in [1.165, 1.54) is 12.1 Å². The number of nitro groups is 1. The first kappa shape index (κ1) is 23.6. The maximum absolute atomic E-state index is 10.7. The molecule has 0 saturated heterocycles. The van der Waals surface area contributed by atoms with Crippen LogP contribution in [0.1, 0.15) is 5.56 Å². The number of ether oxygens (including phenoxy) is 2. The average molecular weight is 428 g/mol. The van der Waals surface area contributed by atoms with Crippen LogP contribution in [-0.2, 0) is 6.54 Å². The normalized spacial score (nSPS) is 9.93. The third kappa shape index (κ3) is 6.92. The summed E-state index contributed by atoms with van der Waals surface area (Å²) in [6.07, 6.45) is 1.68. The molecule has 28 heavy (non-hydrogen) atoms. The Labute approximate surface area is 175 Å². The molecule has 0 aromatic heterocycles. The third-order valence-electron chi connectivity index (χ3n) is 3.69. The lowest BCUT2D eigenvalue weighted by Gasteiger charge is -2.12. The van der Waals surface area contributed by atoms with Crippen molar-refractivity contribution >= 4 is 35.4 Å². The largest absolute Gasteiger partial charge is 0.493 e. The lowest BCUT2D eigenvalue weighted by molar-refractivity contribution is -0.384. The molecule has 2 N–H and O–H groups in total. The van der Waals surface area contributed by atoms with Crippen LogP contribution < -0.4 is 20.1 Å². The second kappa shape index (κ2) is 12.1. The van der Waals surface area contributed by atoms with Crippen molar-refractivity contribution in [2.75, 3.05) is 32.1 Å². The highest BCUT2D eigenvalue weighted by Gasteiger charge is 2.09. The van der Waals surface area contributed by atoms with Crippen molar-refractivity contribution in [2.24, 2.45) is 0 Å². The number of hydrogen-bond acceptors (Lipinski definition) is 6. The molecule has 0 saturated carbocycles. The Morgan fingerprint density at radius 2 is 2.00 bits per heavy atom. The van der Waals surface area contributed by atoms with Crippen molar-refractivity contribution in [2.45, 2.75) is 6.54 Å². The van der Waals surface area contributed by atoms with E-state index in [0.29, 0.717) is 48.5 Å². The van der Waals surface area contributed by atoms with Gasteiger partial charge in [0.25, 0.3) is 5.69 Å². The summed E-state index contributed by atoms with van der Waals surface area (Å²) < 4.78 is 10.9. The monoisotopic (exact) mass is 427 g/mol. The van der Waals surface area contributed by atoms with Gasteiger partial charge >= 0.3 is 0 Å². The summed E-state index contributed by atoms with van der Waals surface area (Å²) >= 11 is 6.05. The van der Waals surface area contributed by atoms with Gasteiger partial charge in [0.05, 0.1) is 22.7 Å². The zero-order chi connectivity index (χ0) is 19.6. The summed E-state index contributed by atoms with van der Waals surface area (Å²) in [5.74, 6) is 1.35. The molecule has 0 aliphatic rings. The molecular weight excluding hydrogens is 405 g/mol. The number of halogens is 2. The van der Waals surface area contributed by atoms with Gasteiger partial charge in [0.15, 0.2) is 11.5 Å². The predicted octanol–water partition coefficient (Wildman–Crippen LogP) is 4.45. The van der Waals surface area contributed by atoms with Crippen LogP contribution in [-0.4, -0.2) is 31.7 Å². The van der Waals surface area contributed by atoms with Crippen LogP contribution in [0.15, 0.2) is 49.1 Å². The van der Waals surface area contributed by atoms with Crippen molar-refractivity contribution in [1.29, 1.82) is 0 Å². The number of nitrogens with zero attached hydrogens (tertiary/aromatic N) is 1. The van der Waals surface area contributed by atoms with Gasteiger partial charge in [-0.05, 0) is 23.8 Å². The van der Waals surface area contributed by atoms with E-state index in [2.05, 4.69) is 17.2 Å². The quantitative estimate of drug-likeness (QED) is 0.238. The summed E-state index contributed by atoms with van der Waals surface area (Å²) in [4.78, 5) is 10.2. The number of benzene rings is 2. The lowest BCUT2D eigenvalue weighted by Crippen LogP contribution is -2.21. The van der Waals surface area contributed by atoms with Crippen LogP contribution in [0.3, 0.4) is 0 Å². The molecule has 152 valence electrons. The van der Waals surface area contributed by atoms with Gasteiger partial charge in [-0.15, -0.1) is 12.4 Å². The van der Waals surface area contributed by atoms with Gasteiger partial charge < -0.3 is 20.1 Å². The predicted molar refractivity (Wildman–Crippen MR) is 114 cm³/mol. The number of hydrogen-bond donors (Lipinski definition) is 2. The van der Waals surface area contributed by atoms with Gasteiger partial charge in [0.1, 0.15) is 6.61 Å². The van der Waals surface area contributed by atoms with E-state index in [1.54, 1.807) is 19.3 Å². The first-order chi connectivity index (χ1) is 13.0. The minimum atomic E-state index is -0.473. The zero-order valence-corrected chi connectivity index (χ0v) is 17.0. The second-order valence-electron chi connectivity index (χ2n) is 5.61. The molecule has 0 unspecified atom stereocenters. The van der Waals surface area contributed by atoms with E-state index >= 15 is 0 Å². The number of non-ortho nitro benzene ring substituents is 1. The Hall–Kier alpha value is -2.48. The minimum Gasteiger partial charge on any atom is -0.493 e. The fourth-order valence-corrected chi connectivity index (χ4v) is 2.61. The van der Waals surface area contributed by atoms with Crippen LogP contribution >= 0.6 is 24.0 Å².